The van der Waals surface area contributed by atoms with Crippen molar-refractivity contribution < 1.29 is 23.9 Å². The van der Waals surface area contributed by atoms with Gasteiger partial charge >= 0.3 is 12.1 Å². The molecular formula is C21H28N2O5. The third-order valence-electron chi connectivity index (χ3n) is 5.42. The molecule has 28 heavy (non-hydrogen) atoms. The Morgan fingerprint density at radius 1 is 1.21 bits per heavy atom. The van der Waals surface area contributed by atoms with Crippen molar-refractivity contribution in [3.63, 3.8) is 0 Å². The maximum Gasteiger partial charge on any atom is 0.410 e. The lowest BCUT2D eigenvalue weighted by molar-refractivity contribution is 0.0600. The predicted molar refractivity (Wildman–Crippen MR) is 103 cm³/mol. The van der Waals surface area contributed by atoms with E-state index in [0.29, 0.717) is 36.7 Å². The van der Waals surface area contributed by atoms with E-state index in [1.807, 2.05) is 4.90 Å². The van der Waals surface area contributed by atoms with Crippen LogP contribution < -0.4 is 0 Å². The Hall–Kier alpha value is -2.57. The summed E-state index contributed by atoms with van der Waals surface area (Å²) in [5.74, 6) is -0.0743. The molecule has 2 aliphatic rings. The van der Waals surface area contributed by atoms with Gasteiger partial charge in [0.1, 0.15) is 6.61 Å². The van der Waals surface area contributed by atoms with Gasteiger partial charge in [-0.3, -0.25) is 9.69 Å². The number of carbonyl (C=O) groups excluding carboxylic acids is 3. The smallest absolute Gasteiger partial charge is 0.410 e. The fraction of sp³-hybridized carbons (Fsp3) is 0.571. The molecule has 1 unspecified atom stereocenters. The van der Waals surface area contributed by atoms with Gasteiger partial charge in [0, 0.05) is 24.7 Å². The minimum atomic E-state index is -0.461. The van der Waals surface area contributed by atoms with Crippen LogP contribution in [-0.4, -0.2) is 66.7 Å². The zero-order valence-electron chi connectivity index (χ0n) is 16.7. The van der Waals surface area contributed by atoms with E-state index in [4.69, 9.17) is 9.47 Å². The van der Waals surface area contributed by atoms with E-state index in [9.17, 15) is 14.4 Å². The first-order valence-electron chi connectivity index (χ1n) is 9.83. The molecule has 3 rings (SSSR count). The first-order chi connectivity index (χ1) is 13.4. The standard InChI is InChI=1S/C21H28N2O5/c1-14(2)11-18-13-28-21(26)23(18)17-7-9-22(10-8-17)19(24)15-5-4-6-16(12-15)20(25)27-3/h4-6,12,14,17-18H,7-11,13H2,1-3H3. The zero-order chi connectivity index (χ0) is 20.3. The number of amides is 2. The molecule has 1 aromatic rings. The topological polar surface area (TPSA) is 76.2 Å². The number of hydrogen-bond donors (Lipinski definition) is 0. The molecule has 2 heterocycles. The summed E-state index contributed by atoms with van der Waals surface area (Å²) in [7, 11) is 1.32. The van der Waals surface area contributed by atoms with Crippen LogP contribution in [0.3, 0.4) is 0 Å². The number of nitrogens with zero attached hydrogens (tertiary/aromatic N) is 2. The maximum atomic E-state index is 12.8. The van der Waals surface area contributed by atoms with Crippen LogP contribution in [0.2, 0.25) is 0 Å². The van der Waals surface area contributed by atoms with E-state index in [-0.39, 0.29) is 24.1 Å². The van der Waals surface area contributed by atoms with Crippen molar-refractivity contribution in [3.05, 3.63) is 35.4 Å². The van der Waals surface area contributed by atoms with Crippen LogP contribution >= 0.6 is 0 Å². The van der Waals surface area contributed by atoms with Crippen molar-refractivity contribution in [2.24, 2.45) is 5.92 Å². The van der Waals surface area contributed by atoms with Gasteiger partial charge in [0.25, 0.3) is 5.91 Å². The number of esters is 1. The second kappa shape index (κ2) is 8.63. The van der Waals surface area contributed by atoms with Gasteiger partial charge in [-0.15, -0.1) is 0 Å². The van der Waals surface area contributed by atoms with E-state index in [1.54, 1.807) is 29.2 Å². The number of rotatable bonds is 5. The van der Waals surface area contributed by atoms with Crippen LogP contribution in [0, 0.1) is 5.92 Å². The molecule has 1 atom stereocenters. The summed E-state index contributed by atoms with van der Waals surface area (Å²) < 4.78 is 10.0. The van der Waals surface area contributed by atoms with Crippen molar-refractivity contribution >= 4 is 18.0 Å². The van der Waals surface area contributed by atoms with Gasteiger partial charge in [-0.25, -0.2) is 9.59 Å². The highest BCUT2D eigenvalue weighted by molar-refractivity contribution is 5.98. The Morgan fingerprint density at radius 3 is 2.54 bits per heavy atom. The summed E-state index contributed by atoms with van der Waals surface area (Å²) in [4.78, 5) is 40.4. The lowest BCUT2D eigenvalue weighted by atomic mass is 9.97. The summed E-state index contributed by atoms with van der Waals surface area (Å²) in [5.41, 5.74) is 0.833. The molecule has 1 aromatic carbocycles. The van der Waals surface area contributed by atoms with Crippen molar-refractivity contribution in [3.8, 4) is 0 Å². The molecule has 0 aromatic heterocycles. The molecule has 2 amide bonds. The number of methoxy groups -OCH3 is 1. The van der Waals surface area contributed by atoms with E-state index < -0.39 is 5.97 Å². The van der Waals surface area contributed by atoms with Crippen molar-refractivity contribution in [1.82, 2.24) is 9.80 Å². The van der Waals surface area contributed by atoms with E-state index in [2.05, 4.69) is 13.8 Å². The van der Waals surface area contributed by atoms with Crippen LogP contribution in [-0.2, 0) is 9.47 Å². The van der Waals surface area contributed by atoms with Crippen molar-refractivity contribution in [2.45, 2.75) is 45.2 Å². The average molecular weight is 388 g/mol. The Morgan fingerprint density at radius 2 is 1.89 bits per heavy atom. The summed E-state index contributed by atoms with van der Waals surface area (Å²) in [5, 5.41) is 0. The van der Waals surface area contributed by atoms with Crippen molar-refractivity contribution in [2.75, 3.05) is 26.8 Å². The highest BCUT2D eigenvalue weighted by Crippen LogP contribution is 2.27. The number of carbonyl (C=O) groups is 3. The Labute approximate surface area is 165 Å². The molecule has 0 spiro atoms. The average Bonchev–Trinajstić information content (AvgIpc) is 3.06. The lowest BCUT2D eigenvalue weighted by Gasteiger charge is -2.38. The molecule has 0 bridgehead atoms. The van der Waals surface area contributed by atoms with Crippen LogP contribution in [0.4, 0.5) is 4.79 Å². The summed E-state index contributed by atoms with van der Waals surface area (Å²) in [6, 6.07) is 6.81. The highest BCUT2D eigenvalue weighted by atomic mass is 16.6. The summed E-state index contributed by atoms with van der Waals surface area (Å²) in [6.45, 7) is 5.89. The Kier molecular flexibility index (Phi) is 6.21. The molecule has 2 fully saturated rings. The fourth-order valence-electron chi connectivity index (χ4n) is 4.07. The number of piperidine rings is 1. The van der Waals surface area contributed by atoms with Gasteiger partial charge in [-0.2, -0.15) is 0 Å². The third-order valence-corrected chi connectivity index (χ3v) is 5.42. The number of likely N-dealkylation sites (tertiary alicyclic amines) is 1. The number of cyclic esters (lactones) is 1. The predicted octanol–water partition coefficient (Wildman–Crippen LogP) is 2.94. The molecule has 2 aliphatic heterocycles. The largest absolute Gasteiger partial charge is 0.465 e. The van der Waals surface area contributed by atoms with Crippen LogP contribution in [0.25, 0.3) is 0 Å². The SMILES string of the molecule is COC(=O)c1cccc(C(=O)N2CCC(N3C(=O)OCC3CC(C)C)CC2)c1. The number of ether oxygens (including phenoxy) is 2. The minimum Gasteiger partial charge on any atom is -0.465 e. The van der Waals surface area contributed by atoms with Gasteiger partial charge in [-0.05, 0) is 43.4 Å². The molecule has 0 N–H and O–H groups in total. The van der Waals surface area contributed by atoms with Gasteiger partial charge in [0.2, 0.25) is 0 Å². The minimum absolute atomic E-state index is 0.101. The van der Waals surface area contributed by atoms with Gasteiger partial charge in [-0.1, -0.05) is 19.9 Å². The van der Waals surface area contributed by atoms with Crippen molar-refractivity contribution in [1.29, 1.82) is 0 Å². The molecule has 152 valence electrons. The molecule has 7 nitrogen and oxygen atoms in total. The molecule has 0 aliphatic carbocycles. The van der Waals surface area contributed by atoms with Crippen LogP contribution in [0.15, 0.2) is 24.3 Å². The molecular weight excluding hydrogens is 360 g/mol. The maximum absolute atomic E-state index is 12.8. The Bertz CT molecular complexity index is 740. The molecule has 0 radical (unpaired) electrons. The lowest BCUT2D eigenvalue weighted by Crippen LogP contribution is -2.50. The van der Waals surface area contributed by atoms with E-state index in [0.717, 1.165) is 19.3 Å². The first kappa shape index (κ1) is 20.2. The summed E-state index contributed by atoms with van der Waals surface area (Å²) >= 11 is 0. The Balaban J connectivity index is 1.63. The number of hydrogen-bond acceptors (Lipinski definition) is 5. The summed E-state index contributed by atoms with van der Waals surface area (Å²) in [6.07, 6.45) is 2.14. The molecule has 7 heteroatoms. The monoisotopic (exact) mass is 388 g/mol. The van der Waals surface area contributed by atoms with E-state index in [1.165, 1.54) is 7.11 Å². The first-order valence-corrected chi connectivity index (χ1v) is 9.83. The van der Waals surface area contributed by atoms with Gasteiger partial charge in [0.15, 0.2) is 0 Å². The number of benzene rings is 1. The molecule has 0 saturated carbocycles. The van der Waals surface area contributed by atoms with Crippen LogP contribution in [0.5, 0.6) is 0 Å². The fourth-order valence-corrected chi connectivity index (χ4v) is 4.07. The molecule has 2 saturated heterocycles. The third kappa shape index (κ3) is 4.29. The highest BCUT2D eigenvalue weighted by Gasteiger charge is 2.40. The quantitative estimate of drug-likeness (QED) is 0.725. The van der Waals surface area contributed by atoms with E-state index >= 15 is 0 Å². The zero-order valence-corrected chi connectivity index (χ0v) is 16.7. The second-order valence-corrected chi connectivity index (χ2v) is 7.86. The second-order valence-electron chi connectivity index (χ2n) is 7.86. The van der Waals surface area contributed by atoms with Gasteiger partial charge < -0.3 is 14.4 Å². The van der Waals surface area contributed by atoms with Gasteiger partial charge in [0.05, 0.1) is 18.7 Å². The van der Waals surface area contributed by atoms with Crippen LogP contribution in [0.1, 0.15) is 53.8 Å². The normalized spacial score (nSPS) is 20.4.